The Morgan fingerprint density at radius 3 is 2.88 bits per heavy atom. The van der Waals surface area contributed by atoms with E-state index in [9.17, 15) is 4.39 Å². The Labute approximate surface area is 168 Å². The molecule has 1 aliphatic rings. The predicted molar refractivity (Wildman–Crippen MR) is 114 cm³/mol. The highest BCUT2D eigenvalue weighted by molar-refractivity contribution is 14.0. The Bertz CT molecular complexity index is 538. The van der Waals surface area contributed by atoms with Crippen LogP contribution in [0.1, 0.15) is 32.3 Å². The minimum absolute atomic E-state index is 0. The number of guanidine groups is 1. The maximum Gasteiger partial charge on any atom is 0.193 e. The number of nitrogens with one attached hydrogen (secondary N) is 1. The van der Waals surface area contributed by atoms with Gasteiger partial charge in [0, 0.05) is 33.2 Å². The molecule has 4 nitrogen and oxygen atoms in total. The molecule has 1 aromatic rings. The van der Waals surface area contributed by atoms with Crippen molar-refractivity contribution in [3.05, 3.63) is 35.6 Å². The van der Waals surface area contributed by atoms with Crippen LogP contribution >= 0.6 is 24.0 Å². The zero-order valence-corrected chi connectivity index (χ0v) is 18.0. The first-order valence-electron chi connectivity index (χ1n) is 9.08. The lowest BCUT2D eigenvalue weighted by molar-refractivity contribution is 0.326. The number of aliphatic imine (C=N–C) groups is 1. The number of rotatable bonds is 7. The number of benzene rings is 1. The highest BCUT2D eigenvalue weighted by Gasteiger charge is 2.21. The molecule has 1 saturated heterocycles. The van der Waals surface area contributed by atoms with Gasteiger partial charge in [-0.15, -0.1) is 24.0 Å². The van der Waals surface area contributed by atoms with Crippen molar-refractivity contribution >= 4 is 29.9 Å². The average Bonchev–Trinajstić information content (AvgIpc) is 2.99. The number of nitrogens with zero attached hydrogens (tertiary/aromatic N) is 3. The van der Waals surface area contributed by atoms with E-state index in [0.717, 1.165) is 31.2 Å². The summed E-state index contributed by atoms with van der Waals surface area (Å²) in [6.45, 7) is 10.2. The van der Waals surface area contributed by atoms with Crippen LogP contribution < -0.4 is 5.32 Å². The maximum atomic E-state index is 13.3. The first-order chi connectivity index (χ1) is 11.6. The van der Waals surface area contributed by atoms with Crippen LogP contribution in [0, 0.1) is 11.7 Å². The van der Waals surface area contributed by atoms with Crippen LogP contribution in [0.4, 0.5) is 4.39 Å². The van der Waals surface area contributed by atoms with Gasteiger partial charge in [0.15, 0.2) is 5.96 Å². The Morgan fingerprint density at radius 2 is 2.20 bits per heavy atom. The summed E-state index contributed by atoms with van der Waals surface area (Å²) in [4.78, 5) is 9.42. The van der Waals surface area contributed by atoms with Gasteiger partial charge in [0.2, 0.25) is 0 Å². The third-order valence-corrected chi connectivity index (χ3v) is 4.41. The molecule has 1 atom stereocenters. The lowest BCUT2D eigenvalue weighted by Crippen LogP contribution is -2.39. The molecule has 1 N–H and O–H groups in total. The first-order valence-corrected chi connectivity index (χ1v) is 9.08. The Balaban J connectivity index is 0.00000312. The molecule has 1 unspecified atom stereocenters. The molecule has 6 heteroatoms. The van der Waals surface area contributed by atoms with Crippen LogP contribution in [0.5, 0.6) is 0 Å². The van der Waals surface area contributed by atoms with Gasteiger partial charge in [0.05, 0.1) is 0 Å². The molecule has 0 amide bonds. The number of likely N-dealkylation sites (tertiary alicyclic amines) is 1. The van der Waals surface area contributed by atoms with Crippen LogP contribution in [0.2, 0.25) is 0 Å². The molecule has 1 aliphatic heterocycles. The summed E-state index contributed by atoms with van der Waals surface area (Å²) in [6, 6.07) is 6.76. The van der Waals surface area contributed by atoms with E-state index in [-0.39, 0.29) is 29.8 Å². The molecule has 25 heavy (non-hydrogen) atoms. The quantitative estimate of drug-likeness (QED) is 0.382. The molecular formula is C19H32FIN4. The summed E-state index contributed by atoms with van der Waals surface area (Å²) in [5.41, 5.74) is 0.957. The summed E-state index contributed by atoms with van der Waals surface area (Å²) >= 11 is 0. The fourth-order valence-electron chi connectivity index (χ4n) is 3.25. The minimum atomic E-state index is -0.190. The molecule has 1 fully saturated rings. The van der Waals surface area contributed by atoms with Gasteiger partial charge in [0.1, 0.15) is 5.82 Å². The van der Waals surface area contributed by atoms with Crippen LogP contribution in [-0.2, 0) is 6.54 Å². The zero-order chi connectivity index (χ0) is 17.4. The summed E-state index contributed by atoms with van der Waals surface area (Å²) in [5, 5.41) is 3.35. The van der Waals surface area contributed by atoms with Crippen molar-refractivity contribution in [2.75, 3.05) is 39.8 Å². The molecule has 142 valence electrons. The second kappa shape index (κ2) is 11.7. The fraction of sp³-hybridized carbons (Fsp3) is 0.632. The van der Waals surface area contributed by atoms with E-state index in [1.807, 2.05) is 13.1 Å². The Hall–Kier alpha value is -0.890. The molecule has 0 aliphatic carbocycles. The number of hydrogen-bond acceptors (Lipinski definition) is 2. The summed E-state index contributed by atoms with van der Waals surface area (Å²) < 4.78 is 13.3. The molecule has 1 heterocycles. The fourth-order valence-corrected chi connectivity index (χ4v) is 3.25. The molecule has 0 bridgehead atoms. The van der Waals surface area contributed by atoms with E-state index in [1.165, 1.54) is 32.0 Å². The second-order valence-electron chi connectivity index (χ2n) is 6.64. The zero-order valence-electron chi connectivity index (χ0n) is 15.7. The topological polar surface area (TPSA) is 30.9 Å². The third-order valence-electron chi connectivity index (χ3n) is 4.41. The molecule has 0 aromatic heterocycles. The molecule has 2 rings (SSSR count). The predicted octanol–water partition coefficient (Wildman–Crippen LogP) is 3.57. The molecular weight excluding hydrogens is 430 g/mol. The van der Waals surface area contributed by atoms with E-state index in [1.54, 1.807) is 12.1 Å². The molecule has 0 radical (unpaired) electrons. The second-order valence-corrected chi connectivity index (χ2v) is 6.64. The van der Waals surface area contributed by atoms with Gasteiger partial charge in [-0.2, -0.15) is 0 Å². The van der Waals surface area contributed by atoms with E-state index < -0.39 is 0 Å². The number of halogens is 2. The minimum Gasteiger partial charge on any atom is -0.357 e. The smallest absolute Gasteiger partial charge is 0.193 e. The highest BCUT2D eigenvalue weighted by atomic mass is 127. The van der Waals surface area contributed by atoms with Gasteiger partial charge in [-0.05, 0) is 56.5 Å². The van der Waals surface area contributed by atoms with Gasteiger partial charge in [-0.3, -0.25) is 4.99 Å². The van der Waals surface area contributed by atoms with Gasteiger partial charge in [0.25, 0.3) is 0 Å². The van der Waals surface area contributed by atoms with E-state index in [2.05, 4.69) is 29.0 Å². The first kappa shape index (κ1) is 22.2. The van der Waals surface area contributed by atoms with E-state index >= 15 is 0 Å². The van der Waals surface area contributed by atoms with Gasteiger partial charge < -0.3 is 15.1 Å². The van der Waals surface area contributed by atoms with Crippen molar-refractivity contribution in [1.82, 2.24) is 15.1 Å². The largest absolute Gasteiger partial charge is 0.357 e. The van der Waals surface area contributed by atoms with Gasteiger partial charge in [-0.25, -0.2) is 4.39 Å². The van der Waals surface area contributed by atoms with Crippen molar-refractivity contribution < 1.29 is 4.39 Å². The summed E-state index contributed by atoms with van der Waals surface area (Å²) in [5.74, 6) is 1.35. The van der Waals surface area contributed by atoms with Gasteiger partial charge in [-0.1, -0.05) is 19.1 Å². The van der Waals surface area contributed by atoms with Crippen LogP contribution in [0.3, 0.4) is 0 Å². The highest BCUT2D eigenvalue weighted by Crippen LogP contribution is 2.16. The normalized spacial score (nSPS) is 18.1. The molecule has 0 spiro atoms. The standard InChI is InChI=1S/C19H31FN4.HI/c1-4-10-24-11-9-17(15-24)13-22-19(21-5-2)23(3)14-16-7-6-8-18(20)12-16;/h6-8,12,17H,4-5,9-11,13-15H2,1-3H3,(H,21,22);1H. The van der Waals surface area contributed by atoms with Crippen LogP contribution in [0.25, 0.3) is 0 Å². The van der Waals surface area contributed by atoms with Crippen LogP contribution in [0.15, 0.2) is 29.3 Å². The Kier molecular flexibility index (Phi) is 10.3. The van der Waals surface area contributed by atoms with E-state index in [4.69, 9.17) is 4.99 Å². The number of hydrogen-bond donors (Lipinski definition) is 1. The molecule has 0 saturated carbocycles. The van der Waals surface area contributed by atoms with Crippen molar-refractivity contribution in [3.63, 3.8) is 0 Å². The van der Waals surface area contributed by atoms with Crippen LogP contribution in [-0.4, -0.2) is 55.5 Å². The van der Waals surface area contributed by atoms with Gasteiger partial charge >= 0.3 is 0 Å². The van der Waals surface area contributed by atoms with Crippen molar-refractivity contribution in [2.45, 2.75) is 33.2 Å². The van der Waals surface area contributed by atoms with Crippen molar-refractivity contribution in [3.8, 4) is 0 Å². The van der Waals surface area contributed by atoms with E-state index in [0.29, 0.717) is 12.5 Å². The lowest BCUT2D eigenvalue weighted by Gasteiger charge is -2.23. The monoisotopic (exact) mass is 462 g/mol. The SMILES string of the molecule is CCCN1CCC(CN=C(NCC)N(C)Cc2cccc(F)c2)C1.I. The maximum absolute atomic E-state index is 13.3. The lowest BCUT2D eigenvalue weighted by atomic mass is 10.1. The summed E-state index contributed by atoms with van der Waals surface area (Å²) in [7, 11) is 2.00. The third kappa shape index (κ3) is 7.48. The van der Waals surface area contributed by atoms with Crippen molar-refractivity contribution in [1.29, 1.82) is 0 Å². The summed E-state index contributed by atoms with van der Waals surface area (Å²) in [6.07, 6.45) is 2.45. The molecule has 1 aromatic carbocycles. The average molecular weight is 462 g/mol. The Morgan fingerprint density at radius 1 is 1.40 bits per heavy atom. The van der Waals surface area contributed by atoms with Crippen molar-refractivity contribution in [2.24, 2.45) is 10.9 Å².